The second kappa shape index (κ2) is 10.3. The fourth-order valence-electron chi connectivity index (χ4n) is 4.29. The van der Waals surface area contributed by atoms with E-state index in [2.05, 4.69) is 16.0 Å². The molecule has 0 spiro atoms. The highest BCUT2D eigenvalue weighted by Crippen LogP contribution is 2.36. The minimum Gasteiger partial charge on any atom is -0.496 e. The number of pyridine rings is 2. The number of ether oxygens (including phenoxy) is 3. The molecule has 5 rings (SSSR count). The predicted molar refractivity (Wildman–Crippen MR) is 136 cm³/mol. The number of nitrogens with zero attached hydrogens (tertiary/aromatic N) is 4. The molecule has 0 radical (unpaired) electrons. The van der Waals surface area contributed by atoms with Gasteiger partial charge in [0.15, 0.2) is 11.3 Å². The number of rotatable bonds is 6. The number of hydrogen-bond donors (Lipinski definition) is 0. The van der Waals surface area contributed by atoms with Crippen molar-refractivity contribution in [3.8, 4) is 40.1 Å². The van der Waals surface area contributed by atoms with Gasteiger partial charge in [-0.3, -0.25) is 14.8 Å². The minimum absolute atomic E-state index is 0.0378. The summed E-state index contributed by atoms with van der Waals surface area (Å²) in [6, 6.07) is 13.1. The first kappa shape index (κ1) is 24.3. The first-order valence-electron chi connectivity index (χ1n) is 11.9. The maximum atomic E-state index is 12.4. The van der Waals surface area contributed by atoms with Crippen molar-refractivity contribution in [3.63, 3.8) is 0 Å². The number of fused-ring (bicyclic) bond motifs is 1. The van der Waals surface area contributed by atoms with Crippen LogP contribution in [0.2, 0.25) is 0 Å². The molecule has 4 aromatic rings. The Bertz CT molecular complexity index is 1500. The summed E-state index contributed by atoms with van der Waals surface area (Å²) in [6.07, 6.45) is 4.82. The highest BCUT2D eigenvalue weighted by molar-refractivity contribution is 5.97. The highest BCUT2D eigenvalue weighted by atomic mass is 16.5. The van der Waals surface area contributed by atoms with Crippen molar-refractivity contribution in [2.45, 2.75) is 18.9 Å². The third-order valence-corrected chi connectivity index (χ3v) is 6.26. The maximum Gasteiger partial charge on any atom is 0.258 e. The zero-order valence-electron chi connectivity index (χ0n) is 20.9. The molecule has 0 atom stereocenters. The highest BCUT2D eigenvalue weighted by Gasteiger charge is 2.20. The van der Waals surface area contributed by atoms with Crippen molar-refractivity contribution in [1.29, 1.82) is 5.26 Å². The van der Waals surface area contributed by atoms with Crippen LogP contribution in [0.5, 0.6) is 11.5 Å². The Kier molecular flexibility index (Phi) is 6.75. The molecule has 1 amide bonds. The molecule has 9 heteroatoms. The summed E-state index contributed by atoms with van der Waals surface area (Å²) < 4.78 is 23.1. The van der Waals surface area contributed by atoms with Crippen LogP contribution in [0.25, 0.3) is 33.7 Å². The van der Waals surface area contributed by atoms with Crippen LogP contribution < -0.4 is 9.47 Å². The Hall–Kier alpha value is -4.42. The fourth-order valence-corrected chi connectivity index (χ4v) is 4.29. The van der Waals surface area contributed by atoms with E-state index < -0.39 is 0 Å². The van der Waals surface area contributed by atoms with E-state index in [9.17, 15) is 10.1 Å². The summed E-state index contributed by atoms with van der Waals surface area (Å²) in [5, 5.41) is 9.79. The Morgan fingerprint density at radius 3 is 2.65 bits per heavy atom. The molecule has 1 fully saturated rings. The summed E-state index contributed by atoms with van der Waals surface area (Å²) in [6.45, 7) is 1.33. The standard InChI is InChI=1S/C28H26N4O5/c1-32(2)28(33)21-16-31-22(13-25(21)34-3)26-14-23-27(37-26)20(6-9-30-23)17-4-5-24(18(12-17)15-29)36-19-7-10-35-11-8-19/h4-6,9,12-14,16,19H,7-8,10-11H2,1-3H3. The van der Waals surface area contributed by atoms with Crippen LogP contribution in [-0.2, 0) is 4.74 Å². The van der Waals surface area contributed by atoms with E-state index in [0.717, 1.165) is 24.0 Å². The molecule has 0 aliphatic carbocycles. The molecule has 0 unspecified atom stereocenters. The van der Waals surface area contributed by atoms with Gasteiger partial charge < -0.3 is 23.5 Å². The molecular weight excluding hydrogens is 472 g/mol. The van der Waals surface area contributed by atoms with Crippen LogP contribution in [0.15, 0.2) is 53.2 Å². The van der Waals surface area contributed by atoms with Crippen LogP contribution in [0, 0.1) is 11.3 Å². The van der Waals surface area contributed by atoms with E-state index in [4.69, 9.17) is 18.6 Å². The zero-order chi connectivity index (χ0) is 25.9. The van der Waals surface area contributed by atoms with E-state index in [0.29, 0.717) is 58.4 Å². The van der Waals surface area contributed by atoms with Crippen molar-refractivity contribution in [1.82, 2.24) is 14.9 Å². The van der Waals surface area contributed by atoms with Crippen LogP contribution in [0.1, 0.15) is 28.8 Å². The first-order valence-corrected chi connectivity index (χ1v) is 11.9. The van der Waals surface area contributed by atoms with Crippen molar-refractivity contribution in [3.05, 3.63) is 59.9 Å². The summed E-state index contributed by atoms with van der Waals surface area (Å²) in [5.41, 5.74) is 4.12. The smallest absolute Gasteiger partial charge is 0.258 e. The van der Waals surface area contributed by atoms with Gasteiger partial charge in [0.05, 0.1) is 31.5 Å². The lowest BCUT2D eigenvalue weighted by molar-refractivity contribution is 0.0254. The van der Waals surface area contributed by atoms with E-state index in [1.54, 1.807) is 38.5 Å². The molecule has 0 bridgehead atoms. The van der Waals surface area contributed by atoms with E-state index in [-0.39, 0.29) is 12.0 Å². The van der Waals surface area contributed by atoms with Crippen molar-refractivity contribution in [2.24, 2.45) is 0 Å². The number of methoxy groups -OCH3 is 1. The van der Waals surface area contributed by atoms with Gasteiger partial charge >= 0.3 is 0 Å². The largest absolute Gasteiger partial charge is 0.496 e. The Morgan fingerprint density at radius 2 is 1.92 bits per heavy atom. The van der Waals surface area contributed by atoms with Gasteiger partial charge in [-0.2, -0.15) is 5.26 Å². The number of furan rings is 1. The monoisotopic (exact) mass is 498 g/mol. The molecule has 37 heavy (non-hydrogen) atoms. The lowest BCUT2D eigenvalue weighted by atomic mass is 10.0. The summed E-state index contributed by atoms with van der Waals surface area (Å²) in [7, 11) is 4.85. The first-order chi connectivity index (χ1) is 18.0. The lowest BCUT2D eigenvalue weighted by Gasteiger charge is -2.23. The number of benzene rings is 1. The molecule has 1 aromatic carbocycles. The minimum atomic E-state index is -0.206. The molecule has 0 N–H and O–H groups in total. The fraction of sp³-hybridized carbons (Fsp3) is 0.286. The number of aromatic nitrogens is 2. The van der Waals surface area contributed by atoms with Crippen molar-refractivity contribution >= 4 is 17.0 Å². The molecule has 1 saturated heterocycles. The summed E-state index contributed by atoms with van der Waals surface area (Å²) >= 11 is 0. The Balaban J connectivity index is 1.50. The van der Waals surface area contributed by atoms with Crippen LogP contribution >= 0.6 is 0 Å². The number of hydrogen-bond acceptors (Lipinski definition) is 8. The van der Waals surface area contributed by atoms with Gasteiger partial charge in [-0.15, -0.1) is 0 Å². The van der Waals surface area contributed by atoms with E-state index in [1.807, 2.05) is 18.2 Å². The van der Waals surface area contributed by atoms with Gasteiger partial charge in [0.1, 0.15) is 34.9 Å². The Labute approximate surface area is 214 Å². The number of nitriles is 1. The molecule has 1 aliphatic heterocycles. The van der Waals surface area contributed by atoms with Crippen molar-refractivity contribution in [2.75, 3.05) is 34.4 Å². The van der Waals surface area contributed by atoms with Gasteiger partial charge in [-0.1, -0.05) is 6.07 Å². The molecule has 188 valence electrons. The molecule has 9 nitrogen and oxygen atoms in total. The van der Waals surface area contributed by atoms with Crippen LogP contribution in [-0.4, -0.2) is 61.3 Å². The third-order valence-electron chi connectivity index (χ3n) is 6.26. The van der Waals surface area contributed by atoms with Gasteiger partial charge in [0, 0.05) is 57.0 Å². The topological polar surface area (TPSA) is 111 Å². The van der Waals surface area contributed by atoms with Gasteiger partial charge in [-0.25, -0.2) is 0 Å². The van der Waals surface area contributed by atoms with Crippen LogP contribution in [0.3, 0.4) is 0 Å². The average molecular weight is 499 g/mol. The summed E-state index contributed by atoms with van der Waals surface area (Å²) in [4.78, 5) is 22.8. The SMILES string of the molecule is COc1cc(-c2cc3nccc(-c4ccc(OC5CCOCC5)c(C#N)c4)c3o2)ncc1C(=O)N(C)C. The van der Waals surface area contributed by atoms with E-state index >= 15 is 0 Å². The molecule has 4 heterocycles. The molecule has 0 saturated carbocycles. The second-order valence-electron chi connectivity index (χ2n) is 8.91. The second-order valence-corrected chi connectivity index (χ2v) is 8.91. The van der Waals surface area contributed by atoms with Gasteiger partial charge in [0.25, 0.3) is 5.91 Å². The molecular formula is C28H26N4O5. The quantitative estimate of drug-likeness (QED) is 0.376. The van der Waals surface area contributed by atoms with Crippen molar-refractivity contribution < 1.29 is 23.4 Å². The number of amides is 1. The van der Waals surface area contributed by atoms with Gasteiger partial charge in [-0.05, 0) is 23.8 Å². The predicted octanol–water partition coefficient (Wildman–Crippen LogP) is 4.70. The van der Waals surface area contributed by atoms with Crippen LogP contribution in [0.4, 0.5) is 0 Å². The number of carbonyl (C=O) groups is 1. The zero-order valence-corrected chi connectivity index (χ0v) is 20.9. The normalized spacial score (nSPS) is 13.8. The summed E-state index contributed by atoms with van der Waals surface area (Å²) in [5.74, 6) is 1.24. The lowest BCUT2D eigenvalue weighted by Crippen LogP contribution is -2.26. The average Bonchev–Trinajstić information content (AvgIpc) is 3.38. The Morgan fingerprint density at radius 1 is 1.11 bits per heavy atom. The molecule has 3 aromatic heterocycles. The third kappa shape index (κ3) is 4.84. The number of carbonyl (C=O) groups excluding carboxylic acids is 1. The molecule has 1 aliphatic rings. The van der Waals surface area contributed by atoms with E-state index in [1.165, 1.54) is 18.2 Å². The van der Waals surface area contributed by atoms with Gasteiger partial charge in [0.2, 0.25) is 0 Å². The maximum absolute atomic E-state index is 12.4.